The zero-order valence-corrected chi connectivity index (χ0v) is 13.8. The molecule has 0 aliphatic carbocycles. The summed E-state index contributed by atoms with van der Waals surface area (Å²) >= 11 is 0. The smallest absolute Gasteiger partial charge is 0.449 e. The summed E-state index contributed by atoms with van der Waals surface area (Å²) < 4.78 is 40.6. The average molecular weight is 395 g/mol. The van der Waals surface area contributed by atoms with Crippen LogP contribution in [0.5, 0.6) is 17.4 Å². The van der Waals surface area contributed by atoms with Gasteiger partial charge in [0, 0.05) is 12.1 Å². The van der Waals surface area contributed by atoms with Crippen LogP contribution in [0.1, 0.15) is 0 Å². The summed E-state index contributed by atoms with van der Waals surface area (Å²) in [6.07, 6.45) is 0. The number of aromatic hydroxyl groups is 2. The molecule has 0 radical (unpaired) electrons. The lowest BCUT2D eigenvalue weighted by Crippen LogP contribution is -2.13. The monoisotopic (exact) mass is 395 g/mol. The van der Waals surface area contributed by atoms with Crippen molar-refractivity contribution >= 4 is 27.1 Å². The van der Waals surface area contributed by atoms with Crippen LogP contribution in [0.2, 0.25) is 0 Å². The maximum absolute atomic E-state index is 12.8. The largest absolute Gasteiger partial charge is 0.508 e. The molecule has 11 nitrogen and oxygen atoms in total. The molecule has 2 aromatic carbocycles. The number of rotatable bonds is 4. The molecule has 0 aliphatic heterocycles. The number of benzene rings is 2. The van der Waals surface area contributed by atoms with Crippen LogP contribution in [-0.2, 0) is 10.4 Å². The Hall–Kier alpha value is -3.64. The fourth-order valence-electron chi connectivity index (χ4n) is 2.39. The predicted octanol–water partition coefficient (Wildman–Crippen LogP) is 1.96. The Labute approximate surface area is 149 Å². The van der Waals surface area contributed by atoms with Crippen molar-refractivity contribution < 1.29 is 36.7 Å². The standard InChI is InChI=1S/C15H9NO10S/c17-8-2-3-9-12(6-8)25-15(26-27(22,23)24)13(14(9)19)7-1-4-11(18)10(5-7)16(20)21/h1-6,17-18H,(H,22,23,24). The molecule has 12 heteroatoms. The SMILES string of the molecule is O=c1c(-c2ccc(O)c([N+](=O)[O-])c2)c(OS(=O)(=O)O)oc2cc(O)ccc12. The highest BCUT2D eigenvalue weighted by atomic mass is 32.3. The zero-order valence-electron chi connectivity index (χ0n) is 13.0. The Balaban J connectivity index is 2.40. The van der Waals surface area contributed by atoms with Crippen molar-refractivity contribution in [3.05, 3.63) is 56.7 Å². The van der Waals surface area contributed by atoms with Crippen molar-refractivity contribution in [2.75, 3.05) is 0 Å². The van der Waals surface area contributed by atoms with E-state index < -0.39 is 43.7 Å². The first-order valence-electron chi connectivity index (χ1n) is 7.01. The summed E-state index contributed by atoms with van der Waals surface area (Å²) in [5.74, 6) is -1.95. The van der Waals surface area contributed by atoms with Crippen molar-refractivity contribution in [2.24, 2.45) is 0 Å². The average Bonchev–Trinajstić information content (AvgIpc) is 2.54. The molecule has 0 amide bonds. The van der Waals surface area contributed by atoms with Gasteiger partial charge in [0.2, 0.25) is 5.43 Å². The Morgan fingerprint density at radius 2 is 1.81 bits per heavy atom. The molecule has 0 spiro atoms. The minimum atomic E-state index is -5.12. The van der Waals surface area contributed by atoms with Crippen LogP contribution in [0.15, 0.2) is 45.6 Å². The van der Waals surface area contributed by atoms with Gasteiger partial charge in [-0.05, 0) is 29.8 Å². The van der Waals surface area contributed by atoms with Crippen LogP contribution in [0, 0.1) is 10.1 Å². The van der Waals surface area contributed by atoms with Gasteiger partial charge >= 0.3 is 22.0 Å². The van der Waals surface area contributed by atoms with Crippen LogP contribution in [-0.4, -0.2) is 28.1 Å². The maximum Gasteiger partial charge on any atom is 0.449 e. The van der Waals surface area contributed by atoms with Gasteiger partial charge in [0.05, 0.1) is 10.3 Å². The number of nitro benzene ring substituents is 1. The Morgan fingerprint density at radius 1 is 1.11 bits per heavy atom. The van der Waals surface area contributed by atoms with Crippen LogP contribution < -0.4 is 9.61 Å². The van der Waals surface area contributed by atoms with Crippen LogP contribution in [0.3, 0.4) is 0 Å². The fraction of sp³-hybridized carbons (Fsp3) is 0. The summed E-state index contributed by atoms with van der Waals surface area (Å²) in [7, 11) is -5.12. The van der Waals surface area contributed by atoms with Gasteiger partial charge in [-0.15, -0.1) is 0 Å². The summed E-state index contributed by atoms with van der Waals surface area (Å²) in [4.78, 5) is 22.9. The lowest BCUT2D eigenvalue weighted by molar-refractivity contribution is -0.385. The zero-order chi connectivity index (χ0) is 19.9. The number of phenolic OH excluding ortho intramolecular Hbond substituents is 2. The minimum absolute atomic E-state index is 0.0961. The van der Waals surface area contributed by atoms with E-state index >= 15 is 0 Å². The van der Waals surface area contributed by atoms with E-state index in [-0.39, 0.29) is 22.3 Å². The number of hydrogen-bond donors (Lipinski definition) is 3. The lowest BCUT2D eigenvalue weighted by atomic mass is 10.0. The summed E-state index contributed by atoms with van der Waals surface area (Å²) in [5.41, 5.74) is -2.61. The normalized spacial score (nSPS) is 11.4. The van der Waals surface area contributed by atoms with E-state index in [1.165, 1.54) is 12.1 Å². The molecule has 1 heterocycles. The minimum Gasteiger partial charge on any atom is -0.508 e. The Bertz CT molecular complexity index is 1250. The van der Waals surface area contributed by atoms with Gasteiger partial charge < -0.3 is 18.8 Å². The molecule has 0 bridgehead atoms. The molecular formula is C15H9NO10S. The van der Waals surface area contributed by atoms with Gasteiger partial charge in [-0.1, -0.05) is 0 Å². The second-order valence-corrected chi connectivity index (χ2v) is 6.27. The van der Waals surface area contributed by atoms with Crippen molar-refractivity contribution in [3.8, 4) is 28.6 Å². The molecule has 27 heavy (non-hydrogen) atoms. The Kier molecular flexibility index (Phi) is 4.21. The highest BCUT2D eigenvalue weighted by molar-refractivity contribution is 7.81. The third-order valence-corrected chi connectivity index (χ3v) is 3.85. The topological polar surface area (TPSA) is 177 Å². The Morgan fingerprint density at radius 3 is 2.44 bits per heavy atom. The molecule has 3 N–H and O–H groups in total. The number of phenols is 2. The number of nitro groups is 1. The van der Waals surface area contributed by atoms with E-state index in [4.69, 9.17) is 8.97 Å². The molecule has 0 saturated carbocycles. The fourth-order valence-corrected chi connectivity index (χ4v) is 2.70. The van der Waals surface area contributed by atoms with Gasteiger partial charge in [0.1, 0.15) is 16.9 Å². The van der Waals surface area contributed by atoms with Gasteiger partial charge in [0.25, 0.3) is 0 Å². The second-order valence-electron chi connectivity index (χ2n) is 5.25. The first-order chi connectivity index (χ1) is 12.6. The quantitative estimate of drug-likeness (QED) is 0.336. The van der Waals surface area contributed by atoms with Gasteiger partial charge in [0.15, 0.2) is 5.75 Å². The summed E-state index contributed by atoms with van der Waals surface area (Å²) in [6.45, 7) is 0. The molecule has 3 rings (SSSR count). The van der Waals surface area contributed by atoms with Crippen LogP contribution in [0.4, 0.5) is 5.69 Å². The predicted molar refractivity (Wildman–Crippen MR) is 90.1 cm³/mol. The van der Waals surface area contributed by atoms with Crippen LogP contribution in [0.25, 0.3) is 22.1 Å². The molecule has 0 saturated heterocycles. The molecule has 0 fully saturated rings. The lowest BCUT2D eigenvalue weighted by Gasteiger charge is -2.09. The maximum atomic E-state index is 12.8. The highest BCUT2D eigenvalue weighted by Gasteiger charge is 2.24. The van der Waals surface area contributed by atoms with Gasteiger partial charge in [-0.3, -0.25) is 19.5 Å². The van der Waals surface area contributed by atoms with Crippen molar-refractivity contribution in [1.29, 1.82) is 0 Å². The second kappa shape index (κ2) is 6.26. The molecule has 140 valence electrons. The van der Waals surface area contributed by atoms with E-state index in [0.29, 0.717) is 0 Å². The van der Waals surface area contributed by atoms with Crippen molar-refractivity contribution in [2.45, 2.75) is 0 Å². The van der Waals surface area contributed by atoms with Crippen molar-refractivity contribution in [3.63, 3.8) is 0 Å². The summed E-state index contributed by atoms with van der Waals surface area (Å²) in [6, 6.07) is 6.20. The van der Waals surface area contributed by atoms with E-state index in [0.717, 1.165) is 24.3 Å². The molecule has 0 unspecified atom stereocenters. The first-order valence-corrected chi connectivity index (χ1v) is 8.38. The van der Waals surface area contributed by atoms with Crippen LogP contribution >= 0.6 is 0 Å². The molecule has 0 atom stereocenters. The molecule has 3 aromatic rings. The van der Waals surface area contributed by atoms with E-state index in [1.54, 1.807) is 0 Å². The first kappa shape index (κ1) is 18.2. The highest BCUT2D eigenvalue weighted by Crippen LogP contribution is 2.36. The third kappa shape index (κ3) is 3.51. The summed E-state index contributed by atoms with van der Waals surface area (Å²) in [5, 5.41) is 29.9. The molecule has 1 aromatic heterocycles. The van der Waals surface area contributed by atoms with E-state index in [1.807, 2.05) is 0 Å². The number of nitrogens with zero attached hydrogens (tertiary/aromatic N) is 1. The van der Waals surface area contributed by atoms with Crippen molar-refractivity contribution in [1.82, 2.24) is 0 Å². The number of hydrogen-bond acceptors (Lipinski definition) is 9. The van der Waals surface area contributed by atoms with E-state index in [9.17, 15) is 33.5 Å². The van der Waals surface area contributed by atoms with Gasteiger partial charge in [-0.2, -0.15) is 8.42 Å². The molecular weight excluding hydrogens is 386 g/mol. The third-order valence-electron chi connectivity index (χ3n) is 3.49. The van der Waals surface area contributed by atoms with E-state index in [2.05, 4.69) is 4.18 Å². The number of fused-ring (bicyclic) bond motifs is 1. The van der Waals surface area contributed by atoms with Gasteiger partial charge in [-0.25, -0.2) is 0 Å². The molecule has 0 aliphatic rings.